The fourth-order valence-corrected chi connectivity index (χ4v) is 1.24. The van der Waals surface area contributed by atoms with Crippen LogP contribution in [0.4, 0.5) is 0 Å². The van der Waals surface area contributed by atoms with Gasteiger partial charge in [0.15, 0.2) is 0 Å². The fraction of sp³-hybridized carbons (Fsp3) is 0.308. The Kier molecular flexibility index (Phi) is 5.75. The molecule has 16 heavy (non-hydrogen) atoms. The van der Waals surface area contributed by atoms with Gasteiger partial charge in [0.25, 0.3) is 0 Å². The van der Waals surface area contributed by atoms with E-state index < -0.39 is 0 Å². The van der Waals surface area contributed by atoms with E-state index in [0.29, 0.717) is 19.3 Å². The van der Waals surface area contributed by atoms with Crippen LogP contribution < -0.4 is 5.48 Å². The van der Waals surface area contributed by atoms with Crippen molar-refractivity contribution in [3.8, 4) is 11.8 Å². The van der Waals surface area contributed by atoms with Gasteiger partial charge in [0.1, 0.15) is 0 Å². The van der Waals surface area contributed by atoms with E-state index in [4.69, 9.17) is 5.21 Å². The average molecular weight is 217 g/mol. The Bertz CT molecular complexity index is 376. The van der Waals surface area contributed by atoms with E-state index in [1.54, 1.807) is 5.48 Å². The largest absolute Gasteiger partial charge is 0.289 e. The van der Waals surface area contributed by atoms with Gasteiger partial charge in [-0.1, -0.05) is 36.3 Å². The molecule has 1 aromatic rings. The molecule has 0 heterocycles. The van der Waals surface area contributed by atoms with E-state index >= 15 is 0 Å². The molecule has 2 N–H and O–H groups in total. The van der Waals surface area contributed by atoms with E-state index in [1.807, 2.05) is 30.3 Å². The molecule has 3 heteroatoms. The first-order valence-corrected chi connectivity index (χ1v) is 5.25. The number of hydrogen-bond acceptors (Lipinski definition) is 2. The molecule has 3 nitrogen and oxygen atoms in total. The van der Waals surface area contributed by atoms with Crippen LogP contribution in [0.2, 0.25) is 0 Å². The first kappa shape index (κ1) is 12.3. The van der Waals surface area contributed by atoms with Crippen molar-refractivity contribution in [3.05, 3.63) is 35.9 Å². The summed E-state index contributed by atoms with van der Waals surface area (Å²) in [6, 6.07) is 10.0. The third-order valence-electron chi connectivity index (χ3n) is 2.09. The molecule has 0 saturated carbocycles. The van der Waals surface area contributed by atoms with Crippen LogP contribution in [0.15, 0.2) is 30.3 Å². The molecule has 0 aliphatic carbocycles. The predicted molar refractivity (Wildman–Crippen MR) is 61.7 cm³/mol. The highest BCUT2D eigenvalue weighted by Gasteiger charge is 1.95. The predicted octanol–water partition coefficient (Wildman–Crippen LogP) is 1.91. The SMILES string of the molecule is O=C(CCCC#CCc1ccccc1)NO. The van der Waals surface area contributed by atoms with Gasteiger partial charge in [-0.2, -0.15) is 0 Å². The molecule has 0 aliphatic heterocycles. The monoisotopic (exact) mass is 217 g/mol. The molecule has 1 aromatic carbocycles. The van der Waals surface area contributed by atoms with Gasteiger partial charge in [-0.15, -0.1) is 5.92 Å². The number of carbonyl (C=O) groups excluding carboxylic acids is 1. The Morgan fingerprint density at radius 1 is 1.25 bits per heavy atom. The van der Waals surface area contributed by atoms with Crippen LogP contribution in [0.1, 0.15) is 24.8 Å². The fourth-order valence-electron chi connectivity index (χ4n) is 1.24. The summed E-state index contributed by atoms with van der Waals surface area (Å²) in [4.78, 5) is 10.7. The molecule has 0 spiro atoms. The maximum Gasteiger partial charge on any atom is 0.243 e. The van der Waals surface area contributed by atoms with Gasteiger partial charge in [-0.3, -0.25) is 10.0 Å². The lowest BCUT2D eigenvalue weighted by molar-refractivity contribution is -0.129. The third-order valence-corrected chi connectivity index (χ3v) is 2.09. The summed E-state index contributed by atoms with van der Waals surface area (Å²) in [7, 11) is 0. The van der Waals surface area contributed by atoms with Gasteiger partial charge < -0.3 is 0 Å². The van der Waals surface area contributed by atoms with Crippen LogP contribution in [0.5, 0.6) is 0 Å². The summed E-state index contributed by atoms with van der Waals surface area (Å²) in [5.41, 5.74) is 2.79. The summed E-state index contributed by atoms with van der Waals surface area (Å²) in [6.07, 6.45) is 2.41. The number of amides is 1. The molecule has 0 bridgehead atoms. The van der Waals surface area contributed by atoms with E-state index in [0.717, 1.165) is 6.42 Å². The highest BCUT2D eigenvalue weighted by atomic mass is 16.5. The highest BCUT2D eigenvalue weighted by molar-refractivity contribution is 5.74. The van der Waals surface area contributed by atoms with Gasteiger partial charge in [-0.05, 0) is 12.0 Å². The number of unbranched alkanes of at least 4 members (excludes halogenated alkanes) is 1. The zero-order valence-corrected chi connectivity index (χ0v) is 9.07. The Morgan fingerprint density at radius 3 is 2.69 bits per heavy atom. The quantitative estimate of drug-likeness (QED) is 0.350. The lowest BCUT2D eigenvalue weighted by atomic mass is 10.1. The molecule has 0 aromatic heterocycles. The van der Waals surface area contributed by atoms with Crippen LogP contribution in [0.25, 0.3) is 0 Å². The second-order valence-corrected chi connectivity index (χ2v) is 3.40. The topological polar surface area (TPSA) is 49.3 Å². The molecule has 0 unspecified atom stereocenters. The number of benzene rings is 1. The molecule has 0 aliphatic rings. The number of carbonyl (C=O) groups is 1. The van der Waals surface area contributed by atoms with Gasteiger partial charge in [0.05, 0.1) is 0 Å². The van der Waals surface area contributed by atoms with E-state index in [2.05, 4.69) is 11.8 Å². The molecule has 1 amide bonds. The van der Waals surface area contributed by atoms with E-state index in [-0.39, 0.29) is 5.91 Å². The van der Waals surface area contributed by atoms with Crippen molar-refractivity contribution in [1.29, 1.82) is 0 Å². The lowest BCUT2D eigenvalue weighted by Gasteiger charge is -1.94. The van der Waals surface area contributed by atoms with Crippen molar-refractivity contribution in [3.63, 3.8) is 0 Å². The van der Waals surface area contributed by atoms with Crippen molar-refractivity contribution in [2.24, 2.45) is 0 Å². The first-order valence-electron chi connectivity index (χ1n) is 5.25. The summed E-state index contributed by atoms with van der Waals surface area (Å²) in [6.45, 7) is 0. The Morgan fingerprint density at radius 2 is 2.00 bits per heavy atom. The maximum atomic E-state index is 10.7. The molecular formula is C13H15NO2. The second-order valence-electron chi connectivity index (χ2n) is 3.40. The van der Waals surface area contributed by atoms with Crippen LogP contribution in [0.3, 0.4) is 0 Å². The Labute approximate surface area is 95.4 Å². The summed E-state index contributed by atoms with van der Waals surface area (Å²) < 4.78 is 0. The van der Waals surface area contributed by atoms with Gasteiger partial charge in [-0.25, -0.2) is 5.48 Å². The lowest BCUT2D eigenvalue weighted by Crippen LogP contribution is -2.17. The highest BCUT2D eigenvalue weighted by Crippen LogP contribution is 1.98. The van der Waals surface area contributed by atoms with Gasteiger partial charge in [0.2, 0.25) is 5.91 Å². The molecule has 84 valence electrons. The molecule has 0 radical (unpaired) electrons. The summed E-state index contributed by atoms with van der Waals surface area (Å²) in [5.74, 6) is 5.69. The van der Waals surface area contributed by atoms with E-state index in [9.17, 15) is 4.79 Å². The van der Waals surface area contributed by atoms with Crippen molar-refractivity contribution >= 4 is 5.91 Å². The van der Waals surface area contributed by atoms with Crippen LogP contribution in [0, 0.1) is 11.8 Å². The molecule has 0 saturated heterocycles. The molecule has 0 atom stereocenters. The second kappa shape index (κ2) is 7.49. The van der Waals surface area contributed by atoms with Crippen LogP contribution in [-0.4, -0.2) is 11.1 Å². The van der Waals surface area contributed by atoms with Gasteiger partial charge >= 0.3 is 0 Å². The number of nitrogens with one attached hydrogen (secondary N) is 1. The van der Waals surface area contributed by atoms with Crippen molar-refractivity contribution in [2.45, 2.75) is 25.7 Å². The average Bonchev–Trinajstić information content (AvgIpc) is 2.34. The standard InChI is InChI=1S/C13H15NO2/c15-13(14-16)11-7-2-1-4-8-12-9-5-3-6-10-12/h3,5-6,9-10,16H,2,7-8,11H2,(H,14,15). The molecule has 1 rings (SSSR count). The van der Waals surface area contributed by atoms with Crippen LogP contribution >= 0.6 is 0 Å². The Balaban J connectivity index is 2.17. The summed E-state index contributed by atoms with van der Waals surface area (Å²) >= 11 is 0. The van der Waals surface area contributed by atoms with Crippen LogP contribution in [-0.2, 0) is 11.2 Å². The van der Waals surface area contributed by atoms with Crippen molar-refractivity contribution < 1.29 is 10.0 Å². The van der Waals surface area contributed by atoms with E-state index in [1.165, 1.54) is 5.56 Å². The smallest absolute Gasteiger partial charge is 0.243 e. The summed E-state index contributed by atoms with van der Waals surface area (Å²) in [5, 5.41) is 8.25. The zero-order valence-electron chi connectivity index (χ0n) is 9.07. The normalized spacial score (nSPS) is 9.06. The number of hydrogen-bond donors (Lipinski definition) is 2. The molecule has 0 fully saturated rings. The first-order chi connectivity index (χ1) is 7.83. The minimum atomic E-state index is -0.357. The minimum absolute atomic E-state index is 0.316. The number of hydroxylamine groups is 1. The maximum absolute atomic E-state index is 10.7. The van der Waals surface area contributed by atoms with Crippen molar-refractivity contribution in [1.82, 2.24) is 5.48 Å². The minimum Gasteiger partial charge on any atom is -0.289 e. The third kappa shape index (κ3) is 5.18. The van der Waals surface area contributed by atoms with Gasteiger partial charge in [0, 0.05) is 19.3 Å². The zero-order chi connectivity index (χ0) is 11.6. The molecular weight excluding hydrogens is 202 g/mol. The number of rotatable bonds is 4. The van der Waals surface area contributed by atoms with Crippen molar-refractivity contribution in [2.75, 3.05) is 0 Å². The Hall–Kier alpha value is -1.79.